The first-order chi connectivity index (χ1) is 7.68. The lowest BCUT2D eigenvalue weighted by Gasteiger charge is -2.35. The van der Waals surface area contributed by atoms with E-state index in [0.29, 0.717) is 10.7 Å². The molecule has 1 aliphatic rings. The van der Waals surface area contributed by atoms with Crippen LogP contribution >= 0.6 is 12.2 Å². The Kier molecular flexibility index (Phi) is 3.35. The Hall–Kier alpha value is -0.810. The van der Waals surface area contributed by atoms with Gasteiger partial charge in [0.05, 0.1) is 4.99 Å². The van der Waals surface area contributed by atoms with Gasteiger partial charge in [0, 0.05) is 28.9 Å². The summed E-state index contributed by atoms with van der Waals surface area (Å²) in [5.74, 6) is 0.673. The van der Waals surface area contributed by atoms with Gasteiger partial charge in [-0.3, -0.25) is 9.19 Å². The molecule has 0 bridgehead atoms. The molecule has 2 heterocycles. The maximum Gasteiger partial charge on any atom is 0.122 e. The first kappa shape index (κ1) is 11.7. The van der Waals surface area contributed by atoms with Crippen molar-refractivity contribution in [1.82, 2.24) is 4.98 Å². The van der Waals surface area contributed by atoms with Gasteiger partial charge in [-0.2, -0.15) is 0 Å². The second-order valence-electron chi connectivity index (χ2n) is 3.94. The minimum absolute atomic E-state index is 0.332. The molecule has 5 heteroatoms. The van der Waals surface area contributed by atoms with Gasteiger partial charge >= 0.3 is 0 Å². The summed E-state index contributed by atoms with van der Waals surface area (Å²) in [5, 5.41) is 0. The van der Waals surface area contributed by atoms with Crippen LogP contribution in [-0.2, 0) is 15.5 Å². The van der Waals surface area contributed by atoms with E-state index in [1.807, 2.05) is 12.1 Å². The molecule has 1 saturated heterocycles. The molecule has 2 N–H and O–H groups in total. The first-order valence-corrected chi connectivity index (χ1v) is 6.99. The highest BCUT2D eigenvalue weighted by Crippen LogP contribution is 2.37. The average Bonchev–Trinajstić information content (AvgIpc) is 2.30. The standard InChI is InChI=1S/C11H14N2OS2/c12-10(15)11(5-1-2-7-16(11)14)9-4-3-6-13-8-9/h3-4,6,8H,1-2,5,7H2,(H2,12,15)/t11-,16?/m1/s1. The molecule has 1 fully saturated rings. The molecule has 0 aromatic carbocycles. The number of rotatable bonds is 2. The summed E-state index contributed by atoms with van der Waals surface area (Å²) in [4.78, 5) is 4.40. The lowest BCUT2D eigenvalue weighted by molar-refractivity contribution is 0.577. The van der Waals surface area contributed by atoms with Crippen molar-refractivity contribution in [3.63, 3.8) is 0 Å². The summed E-state index contributed by atoms with van der Waals surface area (Å²) in [6.07, 6.45) is 6.18. The molecule has 86 valence electrons. The molecule has 1 aliphatic heterocycles. The Morgan fingerprint density at radius 3 is 2.94 bits per heavy atom. The number of aromatic nitrogens is 1. The first-order valence-electron chi connectivity index (χ1n) is 5.27. The molecule has 1 aromatic rings. The highest BCUT2D eigenvalue weighted by atomic mass is 32.2. The van der Waals surface area contributed by atoms with Gasteiger partial charge in [-0.05, 0) is 24.5 Å². The van der Waals surface area contributed by atoms with E-state index < -0.39 is 15.5 Å². The van der Waals surface area contributed by atoms with Gasteiger partial charge in [-0.25, -0.2) is 0 Å². The molecule has 0 saturated carbocycles. The minimum Gasteiger partial charge on any atom is -0.392 e. The summed E-state index contributed by atoms with van der Waals surface area (Å²) in [6, 6.07) is 3.75. The third-order valence-corrected chi connectivity index (χ3v) is 5.60. The van der Waals surface area contributed by atoms with Crippen LogP contribution < -0.4 is 5.73 Å². The number of hydrogen-bond donors (Lipinski definition) is 1. The summed E-state index contributed by atoms with van der Waals surface area (Å²) in [5.41, 5.74) is 6.72. The van der Waals surface area contributed by atoms with Crippen molar-refractivity contribution in [2.24, 2.45) is 5.73 Å². The smallest absolute Gasteiger partial charge is 0.122 e. The Morgan fingerprint density at radius 2 is 2.38 bits per heavy atom. The van der Waals surface area contributed by atoms with E-state index in [9.17, 15) is 4.21 Å². The zero-order valence-corrected chi connectivity index (χ0v) is 10.5. The van der Waals surface area contributed by atoms with Crippen LogP contribution in [0.3, 0.4) is 0 Å². The quantitative estimate of drug-likeness (QED) is 0.813. The topological polar surface area (TPSA) is 56.0 Å². The van der Waals surface area contributed by atoms with Crippen LogP contribution in [0.5, 0.6) is 0 Å². The van der Waals surface area contributed by atoms with E-state index in [1.165, 1.54) is 0 Å². The van der Waals surface area contributed by atoms with E-state index in [-0.39, 0.29) is 0 Å². The van der Waals surface area contributed by atoms with Crippen LogP contribution in [0.4, 0.5) is 0 Å². The molecule has 16 heavy (non-hydrogen) atoms. The van der Waals surface area contributed by atoms with E-state index in [2.05, 4.69) is 4.98 Å². The lowest BCUT2D eigenvalue weighted by atomic mass is 9.93. The van der Waals surface area contributed by atoms with Gasteiger partial charge in [0.2, 0.25) is 0 Å². The fraction of sp³-hybridized carbons (Fsp3) is 0.455. The van der Waals surface area contributed by atoms with Crippen LogP contribution in [0.15, 0.2) is 24.5 Å². The van der Waals surface area contributed by atoms with E-state index in [4.69, 9.17) is 18.0 Å². The number of thiocarbonyl (C=S) groups is 1. The van der Waals surface area contributed by atoms with Gasteiger partial charge in [-0.15, -0.1) is 0 Å². The molecule has 0 amide bonds. The fourth-order valence-corrected chi connectivity index (χ4v) is 4.44. The number of pyridine rings is 1. The van der Waals surface area contributed by atoms with Crippen LogP contribution in [0.25, 0.3) is 0 Å². The maximum absolute atomic E-state index is 12.3. The summed E-state index contributed by atoms with van der Waals surface area (Å²) >= 11 is 5.14. The zero-order valence-electron chi connectivity index (χ0n) is 8.89. The van der Waals surface area contributed by atoms with Crippen molar-refractivity contribution >= 4 is 28.0 Å². The highest BCUT2D eigenvalue weighted by molar-refractivity contribution is 7.90. The average molecular weight is 254 g/mol. The molecule has 1 aromatic heterocycles. The molecule has 1 unspecified atom stereocenters. The Balaban J connectivity index is 2.51. The molecule has 2 rings (SSSR count). The molecular formula is C11H14N2OS2. The number of hydrogen-bond acceptors (Lipinski definition) is 3. The highest BCUT2D eigenvalue weighted by Gasteiger charge is 2.43. The number of nitrogens with zero attached hydrogens (tertiary/aromatic N) is 1. The summed E-state index contributed by atoms with van der Waals surface area (Å²) in [6.45, 7) is 0. The monoisotopic (exact) mass is 254 g/mol. The van der Waals surface area contributed by atoms with Crippen LogP contribution in [0.2, 0.25) is 0 Å². The molecule has 3 nitrogen and oxygen atoms in total. The predicted octanol–water partition coefficient (Wildman–Crippen LogP) is 1.50. The Labute approximate surface area is 103 Å². The van der Waals surface area contributed by atoms with Crippen molar-refractivity contribution in [2.75, 3.05) is 5.75 Å². The van der Waals surface area contributed by atoms with Crippen LogP contribution in [0.1, 0.15) is 24.8 Å². The van der Waals surface area contributed by atoms with Crippen LogP contribution in [0, 0.1) is 0 Å². The fourth-order valence-electron chi connectivity index (χ4n) is 2.15. The van der Waals surface area contributed by atoms with Crippen molar-refractivity contribution in [3.05, 3.63) is 30.1 Å². The van der Waals surface area contributed by atoms with Gasteiger partial charge in [0.1, 0.15) is 4.75 Å². The molecule has 2 atom stereocenters. The van der Waals surface area contributed by atoms with Gasteiger partial charge in [0.25, 0.3) is 0 Å². The normalized spacial score (nSPS) is 29.9. The molecule has 0 radical (unpaired) electrons. The van der Waals surface area contributed by atoms with Crippen LogP contribution in [-0.4, -0.2) is 19.9 Å². The number of nitrogens with two attached hydrogens (primary N) is 1. The predicted molar refractivity (Wildman–Crippen MR) is 69.6 cm³/mol. The Morgan fingerprint density at radius 1 is 1.56 bits per heavy atom. The largest absolute Gasteiger partial charge is 0.392 e. The van der Waals surface area contributed by atoms with Gasteiger partial charge in [-0.1, -0.05) is 24.7 Å². The minimum atomic E-state index is -1.02. The third kappa shape index (κ3) is 1.78. The maximum atomic E-state index is 12.3. The zero-order chi connectivity index (χ0) is 11.6. The van der Waals surface area contributed by atoms with E-state index in [1.54, 1.807) is 12.4 Å². The van der Waals surface area contributed by atoms with Crippen molar-refractivity contribution < 1.29 is 4.21 Å². The molecular weight excluding hydrogens is 240 g/mol. The van der Waals surface area contributed by atoms with E-state index in [0.717, 1.165) is 24.8 Å². The van der Waals surface area contributed by atoms with Crippen molar-refractivity contribution in [2.45, 2.75) is 24.0 Å². The second kappa shape index (κ2) is 4.59. The molecule has 0 aliphatic carbocycles. The summed E-state index contributed by atoms with van der Waals surface area (Å²) in [7, 11) is -1.02. The van der Waals surface area contributed by atoms with Gasteiger partial charge in [0.15, 0.2) is 0 Å². The SMILES string of the molecule is NC(=S)[C@]1(c2cccnc2)CCCCS1=O. The Bertz CT molecular complexity index is 421. The van der Waals surface area contributed by atoms with Gasteiger partial charge < -0.3 is 5.73 Å². The van der Waals surface area contributed by atoms with Crippen molar-refractivity contribution in [3.8, 4) is 0 Å². The van der Waals surface area contributed by atoms with Crippen molar-refractivity contribution in [1.29, 1.82) is 0 Å². The second-order valence-corrected chi connectivity index (χ2v) is 6.18. The third-order valence-electron chi connectivity index (χ3n) is 3.02. The molecule has 0 spiro atoms. The lowest BCUT2D eigenvalue weighted by Crippen LogP contribution is -2.46. The van der Waals surface area contributed by atoms with E-state index >= 15 is 0 Å². The summed E-state index contributed by atoms with van der Waals surface area (Å²) < 4.78 is 11.6.